The number of carbonyl (C=O) groups excluding carboxylic acids is 1. The van der Waals surface area contributed by atoms with Crippen LogP contribution < -0.4 is 4.74 Å². The number of methoxy groups -OCH3 is 1. The zero-order valence-corrected chi connectivity index (χ0v) is 9.32. The molecular weight excluding hydrogens is 192 g/mol. The van der Waals surface area contributed by atoms with E-state index in [1.165, 1.54) is 7.11 Å². The summed E-state index contributed by atoms with van der Waals surface area (Å²) >= 11 is 0. The fraction of sp³-hybridized carbons (Fsp3) is 0.417. The highest BCUT2D eigenvalue weighted by Gasteiger charge is 2.06. The summed E-state index contributed by atoms with van der Waals surface area (Å²) in [5.74, 6) is 0.823. The van der Waals surface area contributed by atoms with E-state index in [0.29, 0.717) is 23.8 Å². The Morgan fingerprint density at radius 3 is 2.73 bits per heavy atom. The second-order valence-electron chi connectivity index (χ2n) is 3.72. The van der Waals surface area contributed by atoms with Gasteiger partial charge in [0.2, 0.25) is 0 Å². The van der Waals surface area contributed by atoms with Crippen molar-refractivity contribution in [3.05, 3.63) is 29.8 Å². The largest absolute Gasteiger partial charge is 0.493 e. The predicted molar refractivity (Wildman–Crippen MR) is 58.1 cm³/mol. The molecule has 0 spiro atoms. The lowest BCUT2D eigenvalue weighted by atomic mass is 10.2. The van der Waals surface area contributed by atoms with Gasteiger partial charge in [0.05, 0.1) is 19.3 Å². The van der Waals surface area contributed by atoms with E-state index in [0.717, 1.165) is 0 Å². The molecule has 0 heterocycles. The molecule has 0 aromatic heterocycles. The molecule has 3 nitrogen and oxygen atoms in total. The van der Waals surface area contributed by atoms with Crippen LogP contribution in [0.25, 0.3) is 0 Å². The van der Waals surface area contributed by atoms with Crippen LogP contribution in [0.1, 0.15) is 24.2 Å². The maximum atomic E-state index is 11.2. The van der Waals surface area contributed by atoms with Crippen LogP contribution in [0.4, 0.5) is 0 Å². The van der Waals surface area contributed by atoms with Gasteiger partial charge in [0.1, 0.15) is 5.75 Å². The molecule has 0 radical (unpaired) electrons. The molecule has 0 saturated heterocycles. The summed E-state index contributed by atoms with van der Waals surface area (Å²) in [6, 6.07) is 7.00. The average Bonchev–Trinajstić information content (AvgIpc) is 2.25. The third kappa shape index (κ3) is 3.62. The molecule has 0 bridgehead atoms. The normalized spacial score (nSPS) is 10.1. The first kappa shape index (κ1) is 11.6. The summed E-state index contributed by atoms with van der Waals surface area (Å²) in [7, 11) is 1.37. The van der Waals surface area contributed by atoms with Gasteiger partial charge >= 0.3 is 5.97 Å². The van der Waals surface area contributed by atoms with E-state index >= 15 is 0 Å². The zero-order chi connectivity index (χ0) is 11.3. The van der Waals surface area contributed by atoms with Gasteiger partial charge in [-0.2, -0.15) is 0 Å². The summed E-state index contributed by atoms with van der Waals surface area (Å²) < 4.78 is 10.1. The molecule has 15 heavy (non-hydrogen) atoms. The molecule has 0 atom stereocenters. The second-order valence-corrected chi connectivity index (χ2v) is 3.72. The molecule has 3 heteroatoms. The summed E-state index contributed by atoms with van der Waals surface area (Å²) in [4.78, 5) is 11.2. The Morgan fingerprint density at radius 2 is 2.13 bits per heavy atom. The Hall–Kier alpha value is -1.51. The van der Waals surface area contributed by atoms with Crippen molar-refractivity contribution in [3.8, 4) is 5.75 Å². The van der Waals surface area contributed by atoms with Gasteiger partial charge in [-0.25, -0.2) is 4.79 Å². The third-order valence-electron chi connectivity index (χ3n) is 1.84. The van der Waals surface area contributed by atoms with Crippen LogP contribution in [0.3, 0.4) is 0 Å². The molecule has 82 valence electrons. The highest BCUT2D eigenvalue weighted by molar-refractivity contribution is 5.89. The lowest BCUT2D eigenvalue weighted by Crippen LogP contribution is -2.06. The van der Waals surface area contributed by atoms with Gasteiger partial charge in [0.15, 0.2) is 0 Å². The van der Waals surface area contributed by atoms with E-state index in [-0.39, 0.29) is 5.97 Å². The second kappa shape index (κ2) is 5.39. The molecule has 0 aliphatic heterocycles. The van der Waals surface area contributed by atoms with Crippen LogP contribution in [0.5, 0.6) is 5.75 Å². The van der Waals surface area contributed by atoms with Crippen molar-refractivity contribution in [2.75, 3.05) is 13.7 Å². The van der Waals surface area contributed by atoms with Gasteiger partial charge in [-0.05, 0) is 24.1 Å². The number of rotatable bonds is 4. The maximum Gasteiger partial charge on any atom is 0.337 e. The molecule has 0 N–H and O–H groups in total. The van der Waals surface area contributed by atoms with Gasteiger partial charge in [-0.1, -0.05) is 19.9 Å². The Kier molecular flexibility index (Phi) is 4.16. The van der Waals surface area contributed by atoms with Gasteiger partial charge in [0.25, 0.3) is 0 Å². The van der Waals surface area contributed by atoms with Crippen molar-refractivity contribution in [1.29, 1.82) is 0 Å². The molecule has 0 amide bonds. The first-order chi connectivity index (χ1) is 7.13. The third-order valence-corrected chi connectivity index (χ3v) is 1.84. The van der Waals surface area contributed by atoms with Crippen LogP contribution >= 0.6 is 0 Å². The quantitative estimate of drug-likeness (QED) is 0.713. The fourth-order valence-corrected chi connectivity index (χ4v) is 1.09. The van der Waals surface area contributed by atoms with E-state index in [1.54, 1.807) is 18.2 Å². The molecule has 1 aromatic rings. The molecule has 0 unspecified atom stereocenters. The lowest BCUT2D eigenvalue weighted by molar-refractivity contribution is 0.0600. The summed E-state index contributed by atoms with van der Waals surface area (Å²) in [5, 5.41) is 0. The predicted octanol–water partition coefficient (Wildman–Crippen LogP) is 2.51. The van der Waals surface area contributed by atoms with Crippen molar-refractivity contribution in [3.63, 3.8) is 0 Å². The van der Waals surface area contributed by atoms with Crippen LogP contribution in [-0.4, -0.2) is 19.7 Å². The molecule has 1 rings (SSSR count). The minimum Gasteiger partial charge on any atom is -0.493 e. The highest BCUT2D eigenvalue weighted by atomic mass is 16.5. The minimum atomic E-state index is -0.343. The first-order valence-corrected chi connectivity index (χ1v) is 4.94. The van der Waals surface area contributed by atoms with Gasteiger partial charge in [-0.15, -0.1) is 0 Å². The van der Waals surface area contributed by atoms with Crippen molar-refractivity contribution in [1.82, 2.24) is 0 Å². The van der Waals surface area contributed by atoms with Crippen molar-refractivity contribution in [2.24, 2.45) is 5.92 Å². The van der Waals surface area contributed by atoms with Gasteiger partial charge in [0, 0.05) is 0 Å². The Labute approximate surface area is 90.0 Å². The van der Waals surface area contributed by atoms with E-state index in [4.69, 9.17) is 4.74 Å². The molecule has 0 fully saturated rings. The first-order valence-electron chi connectivity index (χ1n) is 4.94. The minimum absolute atomic E-state index is 0.343. The fourth-order valence-electron chi connectivity index (χ4n) is 1.09. The monoisotopic (exact) mass is 208 g/mol. The van der Waals surface area contributed by atoms with E-state index in [9.17, 15) is 4.79 Å². The summed E-state index contributed by atoms with van der Waals surface area (Å²) in [5.41, 5.74) is 0.513. The molecular formula is C12H16O3. The van der Waals surface area contributed by atoms with Crippen molar-refractivity contribution < 1.29 is 14.3 Å². The summed E-state index contributed by atoms with van der Waals surface area (Å²) in [6.45, 7) is 4.79. The van der Waals surface area contributed by atoms with Crippen LogP contribution in [0.15, 0.2) is 24.3 Å². The number of esters is 1. The lowest BCUT2D eigenvalue weighted by Gasteiger charge is -2.09. The Balaban J connectivity index is 2.70. The zero-order valence-electron chi connectivity index (χ0n) is 9.32. The van der Waals surface area contributed by atoms with Gasteiger partial charge < -0.3 is 9.47 Å². The number of carbonyl (C=O) groups is 1. The Morgan fingerprint density at radius 1 is 1.40 bits per heavy atom. The number of benzene rings is 1. The van der Waals surface area contributed by atoms with E-state index in [1.807, 2.05) is 6.07 Å². The highest BCUT2D eigenvalue weighted by Crippen LogP contribution is 2.14. The SMILES string of the molecule is COC(=O)c1cccc(OCC(C)C)c1. The standard InChI is InChI=1S/C12H16O3/c1-9(2)8-15-11-6-4-5-10(7-11)12(13)14-3/h4-7,9H,8H2,1-3H3. The topological polar surface area (TPSA) is 35.5 Å². The molecule has 0 aliphatic rings. The average molecular weight is 208 g/mol. The summed E-state index contributed by atoms with van der Waals surface area (Å²) in [6.07, 6.45) is 0. The van der Waals surface area contributed by atoms with Crippen LogP contribution in [-0.2, 0) is 4.74 Å². The number of hydrogen-bond acceptors (Lipinski definition) is 3. The van der Waals surface area contributed by atoms with Crippen molar-refractivity contribution in [2.45, 2.75) is 13.8 Å². The Bertz CT molecular complexity index is 331. The molecule has 0 aliphatic carbocycles. The smallest absolute Gasteiger partial charge is 0.337 e. The van der Waals surface area contributed by atoms with Crippen LogP contribution in [0.2, 0.25) is 0 Å². The molecule has 0 saturated carbocycles. The van der Waals surface area contributed by atoms with E-state index < -0.39 is 0 Å². The number of hydrogen-bond donors (Lipinski definition) is 0. The van der Waals surface area contributed by atoms with Crippen molar-refractivity contribution >= 4 is 5.97 Å². The van der Waals surface area contributed by atoms with E-state index in [2.05, 4.69) is 18.6 Å². The maximum absolute atomic E-state index is 11.2. The van der Waals surface area contributed by atoms with Gasteiger partial charge in [-0.3, -0.25) is 0 Å². The van der Waals surface area contributed by atoms with Crippen LogP contribution in [0, 0.1) is 5.92 Å². The number of ether oxygens (including phenoxy) is 2. The molecule has 1 aromatic carbocycles.